The summed E-state index contributed by atoms with van der Waals surface area (Å²) < 4.78 is 1.06. The van der Waals surface area contributed by atoms with Crippen molar-refractivity contribution in [2.75, 3.05) is 0 Å². The molecule has 0 bridgehead atoms. The van der Waals surface area contributed by atoms with Gasteiger partial charge in [0.2, 0.25) is 0 Å². The monoisotopic (exact) mass is 275 g/mol. The van der Waals surface area contributed by atoms with Crippen molar-refractivity contribution in [3.05, 3.63) is 69.7 Å². The predicted octanol–water partition coefficient (Wildman–Crippen LogP) is 3.81. The molecule has 0 fully saturated rings. The quantitative estimate of drug-likeness (QED) is 0.887. The summed E-state index contributed by atoms with van der Waals surface area (Å²) in [4.78, 5) is 0. The zero-order valence-corrected chi connectivity index (χ0v) is 10.7. The van der Waals surface area contributed by atoms with Gasteiger partial charge in [0.15, 0.2) is 0 Å². The van der Waals surface area contributed by atoms with Gasteiger partial charge in [-0.1, -0.05) is 64.0 Å². The van der Waals surface area contributed by atoms with Crippen molar-refractivity contribution >= 4 is 15.9 Å². The summed E-state index contributed by atoms with van der Waals surface area (Å²) in [5.74, 6) is 0. The maximum absolute atomic E-state index is 6.24. The molecule has 0 aliphatic rings. The Morgan fingerprint density at radius 3 is 2.25 bits per heavy atom. The van der Waals surface area contributed by atoms with Crippen LogP contribution in [0, 0.1) is 6.92 Å². The Labute approximate surface area is 104 Å². The van der Waals surface area contributed by atoms with Crippen LogP contribution in [-0.2, 0) is 0 Å². The first-order chi connectivity index (χ1) is 7.68. The minimum absolute atomic E-state index is 0.0730. The Morgan fingerprint density at radius 1 is 1.00 bits per heavy atom. The van der Waals surface area contributed by atoms with Gasteiger partial charge in [-0.3, -0.25) is 0 Å². The van der Waals surface area contributed by atoms with Gasteiger partial charge in [0.05, 0.1) is 6.04 Å². The number of aryl methyl sites for hydroxylation is 1. The highest BCUT2D eigenvalue weighted by Gasteiger charge is 2.10. The lowest BCUT2D eigenvalue weighted by atomic mass is 9.99. The molecule has 0 heterocycles. The van der Waals surface area contributed by atoms with Crippen LogP contribution in [0.2, 0.25) is 0 Å². The third kappa shape index (κ3) is 2.34. The van der Waals surface area contributed by atoms with Gasteiger partial charge in [0.25, 0.3) is 0 Å². The van der Waals surface area contributed by atoms with E-state index in [4.69, 9.17) is 5.73 Å². The number of halogens is 1. The summed E-state index contributed by atoms with van der Waals surface area (Å²) in [6.07, 6.45) is 0. The Balaban J connectivity index is 2.35. The van der Waals surface area contributed by atoms with E-state index in [0.29, 0.717) is 0 Å². The summed E-state index contributed by atoms with van der Waals surface area (Å²) in [6, 6.07) is 16.3. The van der Waals surface area contributed by atoms with E-state index in [1.54, 1.807) is 0 Å². The molecule has 1 nitrogen and oxygen atoms in total. The molecule has 0 aromatic heterocycles. The second kappa shape index (κ2) is 4.81. The fraction of sp³-hybridized carbons (Fsp3) is 0.143. The van der Waals surface area contributed by atoms with E-state index in [9.17, 15) is 0 Å². The van der Waals surface area contributed by atoms with Crippen molar-refractivity contribution in [2.24, 2.45) is 5.73 Å². The van der Waals surface area contributed by atoms with Gasteiger partial charge in [-0.05, 0) is 24.1 Å². The predicted molar refractivity (Wildman–Crippen MR) is 71.4 cm³/mol. The molecule has 0 saturated carbocycles. The molecule has 82 valence electrons. The van der Waals surface area contributed by atoms with Crippen LogP contribution < -0.4 is 5.73 Å². The molecule has 0 aliphatic carbocycles. The van der Waals surface area contributed by atoms with E-state index in [1.165, 1.54) is 5.56 Å². The molecule has 0 amide bonds. The highest BCUT2D eigenvalue weighted by atomic mass is 79.9. The Kier molecular flexibility index (Phi) is 3.42. The number of benzene rings is 2. The van der Waals surface area contributed by atoms with E-state index in [0.717, 1.165) is 15.6 Å². The molecule has 2 aromatic carbocycles. The van der Waals surface area contributed by atoms with Crippen molar-refractivity contribution in [1.29, 1.82) is 0 Å². The first-order valence-electron chi connectivity index (χ1n) is 5.25. The Morgan fingerprint density at radius 2 is 1.62 bits per heavy atom. The van der Waals surface area contributed by atoms with Crippen molar-refractivity contribution in [1.82, 2.24) is 0 Å². The maximum Gasteiger partial charge on any atom is 0.0562 e. The topological polar surface area (TPSA) is 26.0 Å². The summed E-state index contributed by atoms with van der Waals surface area (Å²) >= 11 is 3.53. The summed E-state index contributed by atoms with van der Waals surface area (Å²) in [6.45, 7) is 2.08. The van der Waals surface area contributed by atoms with Crippen LogP contribution in [0.1, 0.15) is 22.7 Å². The Bertz CT molecular complexity index is 476. The first kappa shape index (κ1) is 11.4. The molecule has 0 radical (unpaired) electrons. The van der Waals surface area contributed by atoms with Gasteiger partial charge in [-0.25, -0.2) is 0 Å². The summed E-state index contributed by atoms with van der Waals surface area (Å²) in [5, 5.41) is 0. The third-order valence-corrected chi connectivity index (χ3v) is 3.40. The van der Waals surface area contributed by atoms with Gasteiger partial charge >= 0.3 is 0 Å². The highest BCUT2D eigenvalue weighted by Crippen LogP contribution is 2.26. The van der Waals surface area contributed by atoms with Gasteiger partial charge in [0.1, 0.15) is 0 Å². The van der Waals surface area contributed by atoms with E-state index in [-0.39, 0.29) is 6.04 Å². The largest absolute Gasteiger partial charge is 0.320 e. The standard InChI is InChI=1S/C14H14BrN/c1-10-6-8-11(9-7-10)14(16)12-4-2-3-5-13(12)15/h2-9,14H,16H2,1H3. The SMILES string of the molecule is Cc1ccc(C(N)c2ccccc2Br)cc1. The number of hydrogen-bond acceptors (Lipinski definition) is 1. The van der Waals surface area contributed by atoms with Crippen LogP contribution >= 0.6 is 15.9 Å². The summed E-state index contributed by atoms with van der Waals surface area (Å²) in [5.41, 5.74) is 9.74. The molecular weight excluding hydrogens is 262 g/mol. The van der Waals surface area contributed by atoms with Gasteiger partial charge < -0.3 is 5.73 Å². The second-order valence-electron chi connectivity index (χ2n) is 3.91. The number of rotatable bonds is 2. The molecule has 2 heteroatoms. The van der Waals surface area contributed by atoms with Crippen LogP contribution in [0.3, 0.4) is 0 Å². The molecule has 2 N–H and O–H groups in total. The van der Waals surface area contributed by atoms with Crippen molar-refractivity contribution in [3.8, 4) is 0 Å². The molecule has 0 aliphatic heterocycles. The van der Waals surface area contributed by atoms with Gasteiger partial charge in [-0.2, -0.15) is 0 Å². The zero-order valence-electron chi connectivity index (χ0n) is 9.15. The molecule has 2 rings (SSSR count). The average Bonchev–Trinajstić information content (AvgIpc) is 2.30. The molecule has 16 heavy (non-hydrogen) atoms. The number of hydrogen-bond donors (Lipinski definition) is 1. The van der Waals surface area contributed by atoms with Crippen LogP contribution in [0.4, 0.5) is 0 Å². The van der Waals surface area contributed by atoms with Crippen molar-refractivity contribution in [2.45, 2.75) is 13.0 Å². The average molecular weight is 276 g/mol. The zero-order chi connectivity index (χ0) is 11.5. The minimum atomic E-state index is -0.0730. The fourth-order valence-corrected chi connectivity index (χ4v) is 2.21. The lowest BCUT2D eigenvalue weighted by molar-refractivity contribution is 0.865. The maximum atomic E-state index is 6.24. The van der Waals surface area contributed by atoms with Crippen LogP contribution in [0.25, 0.3) is 0 Å². The van der Waals surface area contributed by atoms with Crippen molar-refractivity contribution < 1.29 is 0 Å². The van der Waals surface area contributed by atoms with Gasteiger partial charge in [0, 0.05) is 4.47 Å². The molecule has 2 aromatic rings. The second-order valence-corrected chi connectivity index (χ2v) is 4.76. The lowest BCUT2D eigenvalue weighted by Gasteiger charge is -2.14. The normalized spacial score (nSPS) is 12.4. The van der Waals surface area contributed by atoms with Gasteiger partial charge in [-0.15, -0.1) is 0 Å². The minimum Gasteiger partial charge on any atom is -0.320 e. The Hall–Kier alpha value is -1.12. The first-order valence-corrected chi connectivity index (χ1v) is 6.04. The fourth-order valence-electron chi connectivity index (χ4n) is 1.68. The molecule has 1 unspecified atom stereocenters. The molecular formula is C14H14BrN. The van der Waals surface area contributed by atoms with E-state index in [2.05, 4.69) is 53.2 Å². The van der Waals surface area contributed by atoms with Crippen LogP contribution in [-0.4, -0.2) is 0 Å². The number of nitrogens with two attached hydrogens (primary N) is 1. The van der Waals surface area contributed by atoms with Crippen molar-refractivity contribution in [3.63, 3.8) is 0 Å². The molecule has 0 saturated heterocycles. The van der Waals surface area contributed by atoms with E-state index >= 15 is 0 Å². The molecule has 0 spiro atoms. The van der Waals surface area contributed by atoms with Crippen LogP contribution in [0.5, 0.6) is 0 Å². The van der Waals surface area contributed by atoms with E-state index in [1.807, 2.05) is 18.2 Å². The third-order valence-electron chi connectivity index (χ3n) is 2.68. The lowest BCUT2D eigenvalue weighted by Crippen LogP contribution is -2.12. The van der Waals surface area contributed by atoms with E-state index < -0.39 is 0 Å². The summed E-state index contributed by atoms with van der Waals surface area (Å²) in [7, 11) is 0. The highest BCUT2D eigenvalue weighted by molar-refractivity contribution is 9.10. The smallest absolute Gasteiger partial charge is 0.0562 e. The molecule has 1 atom stereocenters. The van der Waals surface area contributed by atoms with Crippen LogP contribution in [0.15, 0.2) is 53.0 Å².